The largest absolute Gasteiger partial charge is 0.341 e. The number of hydrogen-bond donors (Lipinski definition) is 1. The maximum Gasteiger partial charge on any atom is 0.125 e. The fourth-order valence-electron chi connectivity index (χ4n) is 3.44. The predicted octanol–water partition coefficient (Wildman–Crippen LogP) is 4.45. The van der Waals surface area contributed by atoms with E-state index in [1.54, 1.807) is 17.4 Å². The first kappa shape index (κ1) is 15.7. The van der Waals surface area contributed by atoms with Gasteiger partial charge >= 0.3 is 0 Å². The molecule has 0 amide bonds. The van der Waals surface area contributed by atoms with Crippen molar-refractivity contribution in [3.63, 3.8) is 0 Å². The van der Waals surface area contributed by atoms with Gasteiger partial charge in [-0.25, -0.2) is 14.4 Å². The molecule has 126 valence electrons. The third-order valence-electron chi connectivity index (χ3n) is 4.66. The summed E-state index contributed by atoms with van der Waals surface area (Å²) in [7, 11) is 0. The number of rotatable bonds is 4. The van der Waals surface area contributed by atoms with Crippen LogP contribution in [0.4, 0.5) is 4.39 Å². The Kier molecular flexibility index (Phi) is 4.33. The molecule has 1 aliphatic heterocycles. The quantitative estimate of drug-likeness (QED) is 0.760. The lowest BCUT2D eigenvalue weighted by Gasteiger charge is -2.33. The van der Waals surface area contributed by atoms with Crippen LogP contribution in [0.15, 0.2) is 23.6 Å². The lowest BCUT2D eigenvalue weighted by molar-refractivity contribution is 0.133. The number of fused-ring (bicyclic) bond motifs is 1. The van der Waals surface area contributed by atoms with Gasteiger partial charge in [-0.2, -0.15) is 0 Å². The van der Waals surface area contributed by atoms with Crippen LogP contribution in [0.3, 0.4) is 0 Å². The summed E-state index contributed by atoms with van der Waals surface area (Å²) in [6.45, 7) is 4.04. The standard InChI is InChI=1S/C18H21FN4S/c1-2-17-20-13(11-24-17)10-23-8-4-3-5-16(23)18-21-14-7-6-12(19)9-15(14)22-18/h6-7,9,11,16H,2-5,8,10H2,1H3,(H,21,22). The zero-order chi connectivity index (χ0) is 16.5. The Hall–Kier alpha value is -1.79. The molecule has 1 fully saturated rings. The maximum absolute atomic E-state index is 13.4. The molecule has 0 aliphatic carbocycles. The van der Waals surface area contributed by atoms with Gasteiger partial charge in [0, 0.05) is 18.0 Å². The minimum Gasteiger partial charge on any atom is -0.341 e. The van der Waals surface area contributed by atoms with E-state index in [0.29, 0.717) is 5.52 Å². The molecule has 1 aliphatic rings. The van der Waals surface area contributed by atoms with Crippen molar-refractivity contribution < 1.29 is 4.39 Å². The average Bonchev–Trinajstić information content (AvgIpc) is 3.21. The Bertz CT molecular complexity index is 841. The number of thiazole rings is 1. The van der Waals surface area contributed by atoms with Gasteiger partial charge < -0.3 is 4.98 Å². The van der Waals surface area contributed by atoms with Crippen molar-refractivity contribution >= 4 is 22.4 Å². The van der Waals surface area contributed by atoms with Crippen molar-refractivity contribution in [3.8, 4) is 0 Å². The van der Waals surface area contributed by atoms with Gasteiger partial charge in [-0.15, -0.1) is 11.3 Å². The lowest BCUT2D eigenvalue weighted by atomic mass is 10.0. The van der Waals surface area contributed by atoms with Gasteiger partial charge in [0.05, 0.1) is 27.8 Å². The fourth-order valence-corrected chi connectivity index (χ4v) is 4.17. The molecule has 3 heterocycles. The van der Waals surface area contributed by atoms with E-state index in [-0.39, 0.29) is 11.9 Å². The molecular weight excluding hydrogens is 323 g/mol. The summed E-state index contributed by atoms with van der Waals surface area (Å²) in [4.78, 5) is 15.2. The molecule has 1 atom stereocenters. The van der Waals surface area contributed by atoms with Crippen molar-refractivity contribution in [2.45, 2.75) is 45.2 Å². The molecule has 1 aromatic carbocycles. The van der Waals surface area contributed by atoms with E-state index >= 15 is 0 Å². The van der Waals surface area contributed by atoms with Crippen LogP contribution >= 0.6 is 11.3 Å². The van der Waals surface area contributed by atoms with Gasteiger partial charge in [0.2, 0.25) is 0 Å². The van der Waals surface area contributed by atoms with Crippen LogP contribution in [0.25, 0.3) is 11.0 Å². The number of aromatic amines is 1. The van der Waals surface area contributed by atoms with Crippen molar-refractivity contribution in [2.75, 3.05) is 6.54 Å². The smallest absolute Gasteiger partial charge is 0.125 e. The zero-order valence-electron chi connectivity index (χ0n) is 13.8. The highest BCUT2D eigenvalue weighted by atomic mass is 32.1. The van der Waals surface area contributed by atoms with Crippen molar-refractivity contribution in [3.05, 3.63) is 45.9 Å². The van der Waals surface area contributed by atoms with E-state index in [2.05, 4.69) is 27.2 Å². The number of hydrogen-bond acceptors (Lipinski definition) is 4. The van der Waals surface area contributed by atoms with Crippen LogP contribution in [-0.2, 0) is 13.0 Å². The SMILES string of the molecule is CCc1nc(CN2CCCCC2c2nc3cc(F)ccc3[nH]2)cs1. The number of nitrogens with zero attached hydrogens (tertiary/aromatic N) is 3. The third-order valence-corrected chi connectivity index (χ3v) is 5.70. The molecule has 4 nitrogen and oxygen atoms in total. The summed E-state index contributed by atoms with van der Waals surface area (Å²) >= 11 is 1.74. The number of aromatic nitrogens is 3. The number of aryl methyl sites for hydroxylation is 1. The molecule has 0 spiro atoms. The summed E-state index contributed by atoms with van der Waals surface area (Å²) in [5.41, 5.74) is 2.75. The van der Waals surface area contributed by atoms with Crippen LogP contribution < -0.4 is 0 Å². The second-order valence-corrected chi connectivity index (χ2v) is 7.29. The summed E-state index contributed by atoms with van der Waals surface area (Å²) in [6, 6.07) is 4.99. The monoisotopic (exact) mass is 344 g/mol. The molecule has 24 heavy (non-hydrogen) atoms. The van der Waals surface area contributed by atoms with Gasteiger partial charge in [-0.3, -0.25) is 4.90 Å². The highest BCUT2D eigenvalue weighted by Crippen LogP contribution is 2.32. The zero-order valence-corrected chi connectivity index (χ0v) is 14.6. The Morgan fingerprint density at radius 3 is 3.08 bits per heavy atom. The summed E-state index contributed by atoms with van der Waals surface area (Å²) in [5, 5.41) is 3.36. The minimum atomic E-state index is -0.240. The minimum absolute atomic E-state index is 0.240. The molecule has 2 aromatic heterocycles. The van der Waals surface area contributed by atoms with Crippen LogP contribution in [0.2, 0.25) is 0 Å². The first-order valence-electron chi connectivity index (χ1n) is 8.55. The third kappa shape index (κ3) is 3.08. The number of benzene rings is 1. The molecular formula is C18H21FN4S. The highest BCUT2D eigenvalue weighted by molar-refractivity contribution is 7.09. The van der Waals surface area contributed by atoms with Crippen LogP contribution in [0.1, 0.15) is 48.8 Å². The Morgan fingerprint density at radius 2 is 2.25 bits per heavy atom. The van der Waals surface area contributed by atoms with Gasteiger partial charge in [-0.1, -0.05) is 13.3 Å². The van der Waals surface area contributed by atoms with E-state index in [0.717, 1.165) is 43.0 Å². The number of imidazole rings is 1. The Labute approximate surface area is 144 Å². The van der Waals surface area contributed by atoms with Crippen molar-refractivity contribution in [1.29, 1.82) is 0 Å². The van der Waals surface area contributed by atoms with Gasteiger partial charge in [0.1, 0.15) is 11.6 Å². The molecule has 1 N–H and O–H groups in total. The van der Waals surface area contributed by atoms with E-state index < -0.39 is 0 Å². The van der Waals surface area contributed by atoms with E-state index in [4.69, 9.17) is 4.98 Å². The first-order valence-corrected chi connectivity index (χ1v) is 9.43. The fraction of sp³-hybridized carbons (Fsp3) is 0.444. The molecule has 3 aromatic rings. The van der Waals surface area contributed by atoms with E-state index in [9.17, 15) is 4.39 Å². The second kappa shape index (κ2) is 6.61. The van der Waals surface area contributed by atoms with E-state index in [1.165, 1.54) is 30.0 Å². The average molecular weight is 344 g/mol. The van der Waals surface area contributed by atoms with Crippen LogP contribution in [-0.4, -0.2) is 26.4 Å². The topological polar surface area (TPSA) is 44.8 Å². The van der Waals surface area contributed by atoms with E-state index in [1.807, 2.05) is 0 Å². The number of H-pyrrole nitrogens is 1. The normalized spacial score (nSPS) is 19.2. The Balaban J connectivity index is 1.60. The van der Waals surface area contributed by atoms with Gasteiger partial charge in [-0.05, 0) is 37.9 Å². The lowest BCUT2D eigenvalue weighted by Crippen LogP contribution is -2.33. The molecule has 4 rings (SSSR count). The molecule has 0 bridgehead atoms. The predicted molar refractivity (Wildman–Crippen MR) is 94.5 cm³/mol. The Morgan fingerprint density at radius 1 is 1.33 bits per heavy atom. The van der Waals surface area contributed by atoms with Gasteiger partial charge in [0.25, 0.3) is 0 Å². The second-order valence-electron chi connectivity index (χ2n) is 6.35. The molecule has 0 saturated carbocycles. The summed E-state index contributed by atoms with van der Waals surface area (Å²) < 4.78 is 13.4. The van der Waals surface area contributed by atoms with Crippen LogP contribution in [0.5, 0.6) is 0 Å². The molecule has 1 saturated heterocycles. The van der Waals surface area contributed by atoms with Crippen molar-refractivity contribution in [2.24, 2.45) is 0 Å². The molecule has 6 heteroatoms. The summed E-state index contributed by atoms with van der Waals surface area (Å²) in [5.74, 6) is 0.705. The number of likely N-dealkylation sites (tertiary alicyclic amines) is 1. The maximum atomic E-state index is 13.4. The number of piperidine rings is 1. The highest BCUT2D eigenvalue weighted by Gasteiger charge is 2.27. The number of nitrogens with one attached hydrogen (secondary N) is 1. The number of halogens is 1. The van der Waals surface area contributed by atoms with Crippen molar-refractivity contribution in [1.82, 2.24) is 19.9 Å². The first-order chi connectivity index (χ1) is 11.7. The summed E-state index contributed by atoms with van der Waals surface area (Å²) in [6.07, 6.45) is 4.47. The molecule has 0 radical (unpaired) electrons. The van der Waals surface area contributed by atoms with Crippen LogP contribution in [0, 0.1) is 5.82 Å². The molecule has 1 unspecified atom stereocenters. The van der Waals surface area contributed by atoms with Gasteiger partial charge in [0.15, 0.2) is 0 Å².